The van der Waals surface area contributed by atoms with Crippen LogP contribution >= 0.6 is 0 Å². The van der Waals surface area contributed by atoms with Crippen molar-refractivity contribution in [2.75, 3.05) is 0 Å². The fraction of sp³-hybridized carbons (Fsp3) is 0.250. The Bertz CT molecular complexity index is 64.1. The van der Waals surface area contributed by atoms with E-state index in [-0.39, 0.29) is 6.15 Å². The van der Waals surface area contributed by atoms with Crippen LogP contribution in [0.3, 0.4) is 0 Å². The topological polar surface area (TPSA) is 34.1 Å². The molecule has 2 nitrogen and oxygen atoms in total. The Morgan fingerprint density at radius 3 is 1.86 bits per heavy atom. The van der Waals surface area contributed by atoms with Gasteiger partial charge in [-0.1, -0.05) is 0 Å². The summed E-state index contributed by atoms with van der Waals surface area (Å²) in [7, 11) is 0. The Labute approximate surface area is 51.8 Å². The van der Waals surface area contributed by atoms with Gasteiger partial charge in [0.25, 0.3) is 0 Å². The monoisotopic (exact) mass is 92.0 g/mol. The van der Waals surface area contributed by atoms with Crippen molar-refractivity contribution in [2.24, 2.45) is 0 Å². The van der Waals surface area contributed by atoms with Crippen molar-refractivity contribution in [2.45, 2.75) is 5.09 Å². The maximum absolute atomic E-state index is 8.12. The van der Waals surface area contributed by atoms with Gasteiger partial charge < -0.3 is 0 Å². The first-order chi connectivity index (χ1) is 3.33. The summed E-state index contributed by atoms with van der Waals surface area (Å²) >= 11 is 2.06. The van der Waals surface area contributed by atoms with Crippen LogP contribution in [0.5, 0.6) is 0 Å². The summed E-state index contributed by atoms with van der Waals surface area (Å²) in [5.41, 5.74) is 0. The van der Waals surface area contributed by atoms with E-state index in [1.54, 1.807) is 0 Å². The second kappa shape index (κ2) is 17.2. The van der Waals surface area contributed by atoms with Crippen LogP contribution < -0.4 is 0 Å². The van der Waals surface area contributed by atoms with Gasteiger partial charge in [0.05, 0.1) is 0 Å². The van der Waals surface area contributed by atoms with Crippen molar-refractivity contribution in [3.8, 4) is 0 Å². The SMILES string of the molecule is O=C=O.[Li][CH2]C=C. The molecule has 7 heavy (non-hydrogen) atoms. The van der Waals surface area contributed by atoms with E-state index in [2.05, 4.69) is 24.3 Å². The molecule has 0 fully saturated rings. The van der Waals surface area contributed by atoms with E-state index in [0.29, 0.717) is 0 Å². The molecule has 0 atom stereocenters. The van der Waals surface area contributed by atoms with E-state index < -0.39 is 0 Å². The molecule has 0 aromatic carbocycles. The predicted octanol–water partition coefficient (Wildman–Crippen LogP) is 0.176. The molecule has 3 heteroatoms. The molecule has 0 aromatic heterocycles. The average Bonchev–Trinajstić information content (AvgIpc) is 1.69. The Morgan fingerprint density at radius 2 is 1.86 bits per heavy atom. The summed E-state index contributed by atoms with van der Waals surface area (Å²) in [5.74, 6) is 0. The van der Waals surface area contributed by atoms with Crippen molar-refractivity contribution in [1.29, 1.82) is 0 Å². The first-order valence-electron chi connectivity index (χ1n) is 1.93. The standard InChI is InChI=1S/C3H5.CO2.Li/c1-3-2;2-1-3;/h3H,1-2H2;;. The summed E-state index contributed by atoms with van der Waals surface area (Å²) in [5, 5.41) is 1.08. The summed E-state index contributed by atoms with van der Waals surface area (Å²) in [6, 6.07) is 0. The minimum atomic E-state index is 0.250. The average molecular weight is 92.0 g/mol. The molecule has 0 saturated heterocycles. The molecule has 0 heterocycles. The number of carbonyl (C=O) groups excluding carboxylic acids is 2. The number of hydrogen-bond acceptors (Lipinski definition) is 2. The molecular weight excluding hydrogens is 87.0 g/mol. The van der Waals surface area contributed by atoms with Gasteiger partial charge in [-0.25, -0.2) is 0 Å². The maximum atomic E-state index is 8.12. The molecule has 0 aromatic rings. The van der Waals surface area contributed by atoms with Crippen molar-refractivity contribution in [3.63, 3.8) is 0 Å². The normalized spacial score (nSPS) is 4.86. The van der Waals surface area contributed by atoms with Crippen LogP contribution in [-0.2, 0) is 9.59 Å². The Kier molecular flexibility index (Phi) is 24.3. The zero-order chi connectivity index (χ0) is 6.12. The summed E-state index contributed by atoms with van der Waals surface area (Å²) in [6.45, 7) is 3.48. The Morgan fingerprint density at radius 1 is 1.71 bits per heavy atom. The third-order valence-corrected chi connectivity index (χ3v) is 0.289. The first-order valence-corrected chi connectivity index (χ1v) is 1.93. The van der Waals surface area contributed by atoms with Crippen LogP contribution in [0.15, 0.2) is 12.7 Å². The van der Waals surface area contributed by atoms with Gasteiger partial charge in [-0.15, -0.1) is 0 Å². The molecule has 0 rings (SSSR count). The zero-order valence-corrected chi connectivity index (χ0v) is 4.31. The van der Waals surface area contributed by atoms with E-state index in [9.17, 15) is 0 Å². The molecule has 0 N–H and O–H groups in total. The van der Waals surface area contributed by atoms with Gasteiger partial charge in [0.1, 0.15) is 0 Å². The van der Waals surface area contributed by atoms with E-state index >= 15 is 0 Å². The van der Waals surface area contributed by atoms with Gasteiger partial charge in [-0.3, -0.25) is 0 Å². The van der Waals surface area contributed by atoms with Crippen LogP contribution in [0.4, 0.5) is 0 Å². The van der Waals surface area contributed by atoms with Gasteiger partial charge in [-0.05, 0) is 0 Å². The predicted molar refractivity (Wildman–Crippen MR) is 25.8 cm³/mol. The van der Waals surface area contributed by atoms with Gasteiger partial charge in [0.15, 0.2) is 0 Å². The van der Waals surface area contributed by atoms with Crippen molar-refractivity contribution >= 4 is 23.9 Å². The van der Waals surface area contributed by atoms with Crippen LogP contribution in [0.25, 0.3) is 0 Å². The fourth-order valence-electron chi connectivity index (χ4n) is 0. The van der Waals surface area contributed by atoms with Crippen LogP contribution in [-0.4, -0.2) is 23.9 Å². The quantitative estimate of drug-likeness (QED) is 0.341. The second-order valence-electron chi connectivity index (χ2n) is 0.780. The van der Waals surface area contributed by atoms with Crippen molar-refractivity contribution in [1.82, 2.24) is 0 Å². The minimum absolute atomic E-state index is 0.250. The summed E-state index contributed by atoms with van der Waals surface area (Å²) < 4.78 is 0. The molecule has 0 amide bonds. The first kappa shape index (κ1) is 9.87. The molecule has 0 aliphatic rings. The number of hydrogen-bond donors (Lipinski definition) is 0. The Hall–Kier alpha value is -0.283. The fourth-order valence-corrected chi connectivity index (χ4v) is 0. The van der Waals surface area contributed by atoms with Crippen molar-refractivity contribution in [3.05, 3.63) is 12.7 Å². The van der Waals surface area contributed by atoms with Gasteiger partial charge in [0.2, 0.25) is 0 Å². The number of allylic oxidation sites excluding steroid dienone is 1. The molecule has 0 bridgehead atoms. The van der Waals surface area contributed by atoms with E-state index in [1.807, 2.05) is 6.08 Å². The van der Waals surface area contributed by atoms with E-state index in [4.69, 9.17) is 9.59 Å². The third kappa shape index (κ3) is 154. The van der Waals surface area contributed by atoms with Crippen LogP contribution in [0.1, 0.15) is 0 Å². The summed E-state index contributed by atoms with van der Waals surface area (Å²) in [6.07, 6.45) is 2.12. The van der Waals surface area contributed by atoms with Crippen LogP contribution in [0.2, 0.25) is 5.09 Å². The van der Waals surface area contributed by atoms with E-state index in [1.165, 1.54) is 0 Å². The molecule has 0 spiro atoms. The molecule has 0 aliphatic carbocycles. The van der Waals surface area contributed by atoms with Crippen LogP contribution in [0, 0.1) is 0 Å². The van der Waals surface area contributed by atoms with E-state index in [0.717, 1.165) is 5.09 Å². The van der Waals surface area contributed by atoms with Gasteiger partial charge in [-0.2, -0.15) is 9.59 Å². The van der Waals surface area contributed by atoms with Gasteiger partial charge >= 0.3 is 41.6 Å². The molecule has 0 radical (unpaired) electrons. The molecule has 0 unspecified atom stereocenters. The third-order valence-electron chi connectivity index (χ3n) is 0.289. The second-order valence-corrected chi connectivity index (χ2v) is 0.780. The number of rotatable bonds is 1. The molecule has 0 saturated carbocycles. The zero-order valence-electron chi connectivity index (χ0n) is 4.31. The molecule has 0 aliphatic heterocycles. The Balaban J connectivity index is 0. The van der Waals surface area contributed by atoms with Crippen molar-refractivity contribution < 1.29 is 9.59 Å². The molecule has 34 valence electrons. The summed E-state index contributed by atoms with van der Waals surface area (Å²) in [4.78, 5) is 16.2. The van der Waals surface area contributed by atoms with Gasteiger partial charge in [0, 0.05) is 0 Å². The molecular formula is C4H5LiO2.